The Morgan fingerprint density at radius 3 is 2.72 bits per heavy atom. The highest BCUT2D eigenvalue weighted by molar-refractivity contribution is 9.10. The van der Waals surface area contributed by atoms with Crippen molar-refractivity contribution in [3.8, 4) is 0 Å². The predicted molar refractivity (Wildman–Crippen MR) is 84.3 cm³/mol. The normalized spacial score (nSPS) is 14.5. The van der Waals surface area contributed by atoms with E-state index in [1.807, 2.05) is 11.8 Å². The minimum atomic E-state index is 0.240. The molecule has 2 nitrogen and oxygen atoms in total. The Balaban J connectivity index is 2.67. The van der Waals surface area contributed by atoms with Crippen LogP contribution in [0.4, 0.5) is 0 Å². The van der Waals surface area contributed by atoms with Gasteiger partial charge in [0.15, 0.2) is 0 Å². The summed E-state index contributed by atoms with van der Waals surface area (Å²) in [5.74, 6) is 1.03. The van der Waals surface area contributed by atoms with Gasteiger partial charge < -0.3 is 10.4 Å². The van der Waals surface area contributed by atoms with Crippen molar-refractivity contribution in [2.24, 2.45) is 0 Å². The van der Waals surface area contributed by atoms with E-state index in [2.05, 4.69) is 59.5 Å². The fourth-order valence-electron chi connectivity index (χ4n) is 1.96. The molecule has 0 heterocycles. The molecule has 2 N–H and O–H groups in total. The van der Waals surface area contributed by atoms with Gasteiger partial charge in [-0.1, -0.05) is 28.1 Å². The van der Waals surface area contributed by atoms with Gasteiger partial charge in [0.2, 0.25) is 0 Å². The van der Waals surface area contributed by atoms with Gasteiger partial charge in [0.25, 0.3) is 0 Å². The van der Waals surface area contributed by atoms with Crippen molar-refractivity contribution in [1.29, 1.82) is 0 Å². The topological polar surface area (TPSA) is 32.3 Å². The summed E-state index contributed by atoms with van der Waals surface area (Å²) >= 11 is 5.33. The zero-order chi connectivity index (χ0) is 13.5. The monoisotopic (exact) mass is 331 g/mol. The van der Waals surface area contributed by atoms with E-state index < -0.39 is 0 Å². The molecule has 0 aliphatic rings. The average Bonchev–Trinajstić information content (AvgIpc) is 2.33. The molecule has 0 radical (unpaired) electrons. The molecule has 0 saturated heterocycles. The largest absolute Gasteiger partial charge is 0.396 e. The molecule has 1 rings (SSSR count). The Kier molecular flexibility index (Phi) is 7.30. The summed E-state index contributed by atoms with van der Waals surface area (Å²) in [7, 11) is 0. The fourth-order valence-corrected chi connectivity index (χ4v) is 2.87. The Morgan fingerprint density at radius 2 is 2.17 bits per heavy atom. The molecule has 0 bridgehead atoms. The van der Waals surface area contributed by atoms with Crippen LogP contribution in [-0.4, -0.2) is 29.8 Å². The standard InChI is InChI=1S/C14H22BrNOS/c1-10-8-12(4-5-14(10)15)11(2)16-13(6-7-17)9-18-3/h4-5,8,11,13,16-17H,6-7,9H2,1-3H3. The zero-order valence-corrected chi connectivity index (χ0v) is 13.6. The summed E-state index contributed by atoms with van der Waals surface area (Å²) in [5.41, 5.74) is 2.55. The summed E-state index contributed by atoms with van der Waals surface area (Å²) in [5, 5.41) is 12.7. The molecule has 0 amide bonds. The molecule has 0 aromatic heterocycles. The van der Waals surface area contributed by atoms with Crippen molar-refractivity contribution in [3.63, 3.8) is 0 Å². The smallest absolute Gasteiger partial charge is 0.0446 e. The van der Waals surface area contributed by atoms with Crippen LogP contribution >= 0.6 is 27.7 Å². The minimum absolute atomic E-state index is 0.240. The van der Waals surface area contributed by atoms with Crippen LogP contribution in [-0.2, 0) is 0 Å². The third-order valence-corrected chi connectivity index (χ3v) is 4.64. The van der Waals surface area contributed by atoms with Gasteiger partial charge in [0.1, 0.15) is 0 Å². The first kappa shape index (κ1) is 16.0. The Labute approximate surface area is 123 Å². The van der Waals surface area contributed by atoms with Crippen LogP contribution in [0.25, 0.3) is 0 Å². The number of aryl methyl sites for hydroxylation is 1. The lowest BCUT2D eigenvalue weighted by Gasteiger charge is -2.23. The van der Waals surface area contributed by atoms with E-state index >= 15 is 0 Å². The summed E-state index contributed by atoms with van der Waals surface area (Å²) in [6.45, 7) is 4.52. The molecule has 2 unspecified atom stereocenters. The van der Waals surface area contributed by atoms with Crippen LogP contribution in [0.1, 0.15) is 30.5 Å². The first-order valence-corrected chi connectivity index (χ1v) is 8.39. The third kappa shape index (κ3) is 4.92. The van der Waals surface area contributed by atoms with Gasteiger partial charge in [-0.15, -0.1) is 0 Å². The van der Waals surface area contributed by atoms with Crippen molar-refractivity contribution in [3.05, 3.63) is 33.8 Å². The molecule has 0 spiro atoms. The third-order valence-electron chi connectivity index (χ3n) is 3.01. The van der Waals surface area contributed by atoms with Crippen molar-refractivity contribution >= 4 is 27.7 Å². The number of thioether (sulfide) groups is 1. The Hall–Kier alpha value is -0.0300. The summed E-state index contributed by atoms with van der Waals surface area (Å²) in [6, 6.07) is 7.11. The highest BCUT2D eigenvalue weighted by atomic mass is 79.9. The Bertz CT molecular complexity index is 367. The van der Waals surface area contributed by atoms with E-state index in [-0.39, 0.29) is 6.61 Å². The molecule has 4 heteroatoms. The van der Waals surface area contributed by atoms with Crippen molar-refractivity contribution in [2.75, 3.05) is 18.6 Å². The van der Waals surface area contributed by atoms with Crippen molar-refractivity contribution < 1.29 is 5.11 Å². The number of hydrogen-bond acceptors (Lipinski definition) is 3. The number of benzene rings is 1. The second-order valence-electron chi connectivity index (χ2n) is 4.56. The molecule has 18 heavy (non-hydrogen) atoms. The molecule has 0 aliphatic carbocycles. The molecule has 1 aromatic carbocycles. The van der Waals surface area contributed by atoms with Gasteiger partial charge in [-0.2, -0.15) is 11.8 Å². The van der Waals surface area contributed by atoms with Gasteiger partial charge in [0, 0.05) is 28.9 Å². The fraction of sp³-hybridized carbons (Fsp3) is 0.571. The maximum absolute atomic E-state index is 9.07. The molecule has 102 valence electrons. The van der Waals surface area contributed by atoms with E-state index in [0.29, 0.717) is 12.1 Å². The second kappa shape index (κ2) is 8.20. The molecular weight excluding hydrogens is 310 g/mol. The van der Waals surface area contributed by atoms with E-state index in [4.69, 9.17) is 5.11 Å². The van der Waals surface area contributed by atoms with E-state index in [1.54, 1.807) is 0 Å². The highest BCUT2D eigenvalue weighted by Gasteiger charge is 2.13. The van der Waals surface area contributed by atoms with Gasteiger partial charge in [-0.3, -0.25) is 0 Å². The maximum Gasteiger partial charge on any atom is 0.0446 e. The SMILES string of the molecule is CSCC(CCO)NC(C)c1ccc(Br)c(C)c1. The number of aliphatic hydroxyl groups excluding tert-OH is 1. The van der Waals surface area contributed by atoms with Crippen LogP contribution in [0.3, 0.4) is 0 Å². The lowest BCUT2D eigenvalue weighted by atomic mass is 10.0. The number of rotatable bonds is 7. The van der Waals surface area contributed by atoms with E-state index in [9.17, 15) is 0 Å². The van der Waals surface area contributed by atoms with Crippen LogP contribution in [0.2, 0.25) is 0 Å². The van der Waals surface area contributed by atoms with Crippen LogP contribution in [0.15, 0.2) is 22.7 Å². The molecular formula is C14H22BrNOS. The first-order chi connectivity index (χ1) is 8.58. The number of halogens is 1. The van der Waals surface area contributed by atoms with Crippen LogP contribution in [0, 0.1) is 6.92 Å². The first-order valence-electron chi connectivity index (χ1n) is 6.20. The molecule has 2 atom stereocenters. The lowest BCUT2D eigenvalue weighted by Crippen LogP contribution is -2.34. The molecule has 0 aliphatic heterocycles. The van der Waals surface area contributed by atoms with Crippen LogP contribution in [0.5, 0.6) is 0 Å². The highest BCUT2D eigenvalue weighted by Crippen LogP contribution is 2.22. The van der Waals surface area contributed by atoms with Crippen molar-refractivity contribution in [2.45, 2.75) is 32.4 Å². The molecule has 1 aromatic rings. The quantitative estimate of drug-likeness (QED) is 0.801. The van der Waals surface area contributed by atoms with E-state index in [1.165, 1.54) is 11.1 Å². The molecule has 0 fully saturated rings. The van der Waals surface area contributed by atoms with Crippen LogP contribution < -0.4 is 5.32 Å². The average molecular weight is 332 g/mol. The number of hydrogen-bond donors (Lipinski definition) is 2. The van der Waals surface area contributed by atoms with Gasteiger partial charge in [-0.05, 0) is 43.7 Å². The summed E-state index contributed by atoms with van der Waals surface area (Å²) < 4.78 is 1.15. The number of aliphatic hydroxyl groups is 1. The predicted octanol–water partition coefficient (Wildman–Crippen LogP) is 3.52. The van der Waals surface area contributed by atoms with E-state index in [0.717, 1.165) is 16.6 Å². The van der Waals surface area contributed by atoms with Crippen molar-refractivity contribution in [1.82, 2.24) is 5.32 Å². The second-order valence-corrected chi connectivity index (χ2v) is 6.33. The Morgan fingerprint density at radius 1 is 1.44 bits per heavy atom. The maximum atomic E-state index is 9.07. The van der Waals surface area contributed by atoms with Gasteiger partial charge >= 0.3 is 0 Å². The zero-order valence-electron chi connectivity index (χ0n) is 11.2. The van der Waals surface area contributed by atoms with Gasteiger partial charge in [-0.25, -0.2) is 0 Å². The minimum Gasteiger partial charge on any atom is -0.396 e. The lowest BCUT2D eigenvalue weighted by molar-refractivity contribution is 0.265. The summed E-state index contributed by atoms with van der Waals surface area (Å²) in [6.07, 6.45) is 2.90. The summed E-state index contributed by atoms with van der Waals surface area (Å²) in [4.78, 5) is 0. The number of nitrogens with one attached hydrogen (secondary N) is 1. The molecule has 0 saturated carbocycles. The van der Waals surface area contributed by atoms with Gasteiger partial charge in [0.05, 0.1) is 0 Å².